The molecule has 0 radical (unpaired) electrons. The second kappa shape index (κ2) is 10.1. The van der Waals surface area contributed by atoms with E-state index in [1.807, 2.05) is 0 Å². The summed E-state index contributed by atoms with van der Waals surface area (Å²) in [5.41, 5.74) is -0.390. The highest BCUT2D eigenvalue weighted by atomic mass is 16.6. The van der Waals surface area contributed by atoms with E-state index in [4.69, 9.17) is 18.9 Å². The minimum absolute atomic E-state index is 0.0702. The number of aliphatic carboxylic acids is 1. The smallest absolute Gasteiger partial charge is 0.338 e. The van der Waals surface area contributed by atoms with Crippen LogP contribution in [0.5, 0.6) is 23.0 Å². The molecule has 3 atom stereocenters. The normalized spacial score (nSPS) is 19.5. The minimum Gasteiger partial charge on any atom is -0.504 e. The van der Waals surface area contributed by atoms with Crippen LogP contribution in [-0.4, -0.2) is 70.9 Å². The van der Waals surface area contributed by atoms with Crippen molar-refractivity contribution in [1.29, 1.82) is 0 Å². The van der Waals surface area contributed by atoms with Gasteiger partial charge >= 0.3 is 17.9 Å². The van der Waals surface area contributed by atoms with Crippen LogP contribution in [0, 0.1) is 0 Å². The summed E-state index contributed by atoms with van der Waals surface area (Å²) in [6, 6.07) is 7.48. The maximum Gasteiger partial charge on any atom is 0.338 e. The molecule has 0 spiro atoms. The second-order valence-corrected chi connectivity index (χ2v) is 7.28. The van der Waals surface area contributed by atoms with Crippen LogP contribution in [-0.2, 0) is 14.3 Å². The molecular formula is C23H22O11. The molecule has 0 saturated carbocycles. The lowest BCUT2D eigenvalue weighted by Gasteiger charge is -2.32. The molecule has 0 aliphatic heterocycles. The number of aromatic hydroxyl groups is 2. The SMILES string of the molecule is COc1ccc(C(=O)O[C@@H]2C=C(C(=O)O)C[C@@H](OC(=O)c3ccc(OC)c(O)c3)[C@@H]2O)cc1O. The van der Waals surface area contributed by atoms with Gasteiger partial charge in [-0.3, -0.25) is 0 Å². The number of aliphatic hydroxyl groups is 1. The van der Waals surface area contributed by atoms with Crippen molar-refractivity contribution in [1.82, 2.24) is 0 Å². The second-order valence-electron chi connectivity index (χ2n) is 7.28. The highest BCUT2D eigenvalue weighted by Gasteiger charge is 2.39. The Hall–Kier alpha value is -4.25. The Labute approximate surface area is 193 Å². The number of hydrogen-bond donors (Lipinski definition) is 4. The molecule has 4 N–H and O–H groups in total. The average Bonchev–Trinajstić information content (AvgIpc) is 2.81. The van der Waals surface area contributed by atoms with Crippen LogP contribution in [0.15, 0.2) is 48.0 Å². The molecule has 0 amide bonds. The largest absolute Gasteiger partial charge is 0.504 e. The zero-order valence-electron chi connectivity index (χ0n) is 18.1. The van der Waals surface area contributed by atoms with Gasteiger partial charge in [-0.25, -0.2) is 14.4 Å². The maximum absolute atomic E-state index is 12.5. The number of hydrogen-bond acceptors (Lipinski definition) is 10. The van der Waals surface area contributed by atoms with E-state index in [-0.39, 0.29) is 46.1 Å². The molecule has 3 rings (SSSR count). The Balaban J connectivity index is 1.79. The Morgan fingerprint density at radius 3 is 1.79 bits per heavy atom. The topological polar surface area (TPSA) is 169 Å². The van der Waals surface area contributed by atoms with Crippen molar-refractivity contribution in [3.63, 3.8) is 0 Å². The van der Waals surface area contributed by atoms with E-state index in [1.165, 1.54) is 38.5 Å². The van der Waals surface area contributed by atoms with Gasteiger partial charge in [0.1, 0.15) is 12.2 Å². The van der Waals surface area contributed by atoms with E-state index in [0.29, 0.717) is 0 Å². The van der Waals surface area contributed by atoms with E-state index >= 15 is 0 Å². The van der Waals surface area contributed by atoms with Gasteiger partial charge in [0.25, 0.3) is 0 Å². The van der Waals surface area contributed by atoms with Gasteiger partial charge in [-0.05, 0) is 42.5 Å². The molecular weight excluding hydrogens is 452 g/mol. The molecule has 2 aromatic carbocycles. The van der Waals surface area contributed by atoms with Crippen molar-refractivity contribution in [3.05, 3.63) is 59.2 Å². The first-order valence-corrected chi connectivity index (χ1v) is 9.92. The number of ether oxygens (including phenoxy) is 4. The molecule has 11 heteroatoms. The number of phenolic OH excluding ortho intramolecular Hbond substituents is 2. The molecule has 0 aromatic heterocycles. The monoisotopic (exact) mass is 474 g/mol. The number of methoxy groups -OCH3 is 2. The van der Waals surface area contributed by atoms with E-state index in [0.717, 1.165) is 18.2 Å². The lowest BCUT2D eigenvalue weighted by Crippen LogP contribution is -2.45. The maximum atomic E-state index is 12.5. The van der Waals surface area contributed by atoms with Crippen LogP contribution in [0.1, 0.15) is 27.1 Å². The summed E-state index contributed by atoms with van der Waals surface area (Å²) in [6.45, 7) is 0. The third kappa shape index (κ3) is 5.21. The number of esters is 2. The molecule has 0 saturated heterocycles. The third-order valence-electron chi connectivity index (χ3n) is 5.11. The van der Waals surface area contributed by atoms with E-state index in [9.17, 15) is 34.8 Å². The van der Waals surface area contributed by atoms with Crippen LogP contribution in [0.25, 0.3) is 0 Å². The van der Waals surface area contributed by atoms with Gasteiger partial charge in [-0.2, -0.15) is 0 Å². The number of carboxylic acids is 1. The standard InChI is InChI=1S/C23H22O11/c1-31-16-5-3-11(7-14(16)24)22(29)33-18-9-13(21(27)28)10-19(20(18)26)34-23(30)12-4-6-17(32-2)15(25)8-12/h3-9,18-20,24-26H,10H2,1-2H3,(H,27,28)/t18-,19-,20-/m1/s1. The van der Waals surface area contributed by atoms with Crippen LogP contribution in [0.2, 0.25) is 0 Å². The van der Waals surface area contributed by atoms with Crippen LogP contribution < -0.4 is 9.47 Å². The number of aliphatic hydroxyl groups excluding tert-OH is 1. The number of phenols is 2. The first-order chi connectivity index (χ1) is 16.1. The minimum atomic E-state index is -1.59. The Morgan fingerprint density at radius 2 is 1.35 bits per heavy atom. The Kier molecular flexibility index (Phi) is 7.27. The molecule has 180 valence electrons. The average molecular weight is 474 g/mol. The number of benzene rings is 2. The molecule has 34 heavy (non-hydrogen) atoms. The molecule has 0 heterocycles. The molecule has 0 fully saturated rings. The van der Waals surface area contributed by atoms with Crippen LogP contribution >= 0.6 is 0 Å². The van der Waals surface area contributed by atoms with Gasteiger partial charge in [0, 0.05) is 12.0 Å². The zero-order chi connectivity index (χ0) is 25.0. The molecule has 0 unspecified atom stereocenters. The van der Waals surface area contributed by atoms with Crippen molar-refractivity contribution < 1.29 is 53.8 Å². The summed E-state index contributed by atoms with van der Waals surface area (Å²) >= 11 is 0. The first kappa shape index (κ1) is 24.4. The summed E-state index contributed by atoms with van der Waals surface area (Å²) in [4.78, 5) is 36.6. The predicted molar refractivity (Wildman–Crippen MR) is 114 cm³/mol. The fraction of sp³-hybridized carbons (Fsp3) is 0.261. The predicted octanol–water partition coefficient (Wildman–Crippen LogP) is 1.64. The summed E-state index contributed by atoms with van der Waals surface area (Å²) in [7, 11) is 2.67. The van der Waals surface area contributed by atoms with Crippen LogP contribution in [0.3, 0.4) is 0 Å². The highest BCUT2D eigenvalue weighted by molar-refractivity contribution is 5.92. The van der Waals surface area contributed by atoms with Gasteiger partial charge in [-0.1, -0.05) is 0 Å². The van der Waals surface area contributed by atoms with Crippen molar-refractivity contribution in [2.75, 3.05) is 14.2 Å². The molecule has 1 aliphatic rings. The van der Waals surface area contributed by atoms with Gasteiger partial charge in [-0.15, -0.1) is 0 Å². The number of carbonyl (C=O) groups excluding carboxylic acids is 2. The highest BCUT2D eigenvalue weighted by Crippen LogP contribution is 2.30. The van der Waals surface area contributed by atoms with E-state index in [1.54, 1.807) is 0 Å². The quantitative estimate of drug-likeness (QED) is 0.430. The van der Waals surface area contributed by atoms with Crippen LogP contribution in [0.4, 0.5) is 0 Å². The summed E-state index contributed by atoms with van der Waals surface area (Å²) in [6.07, 6.45) is -3.71. The molecule has 1 aliphatic carbocycles. The molecule has 11 nitrogen and oxygen atoms in total. The Bertz CT molecular complexity index is 1140. The fourth-order valence-corrected chi connectivity index (χ4v) is 3.32. The lowest BCUT2D eigenvalue weighted by molar-refractivity contribution is -0.134. The Morgan fingerprint density at radius 1 is 0.853 bits per heavy atom. The van der Waals surface area contributed by atoms with Gasteiger partial charge in [0.2, 0.25) is 0 Å². The lowest BCUT2D eigenvalue weighted by atomic mass is 9.91. The van der Waals surface area contributed by atoms with E-state index in [2.05, 4.69) is 0 Å². The third-order valence-corrected chi connectivity index (χ3v) is 5.11. The van der Waals surface area contributed by atoms with Gasteiger partial charge in [0.15, 0.2) is 29.1 Å². The van der Waals surface area contributed by atoms with E-state index < -0.39 is 36.2 Å². The zero-order valence-corrected chi connectivity index (χ0v) is 18.1. The van der Waals surface area contributed by atoms with Crippen molar-refractivity contribution in [2.24, 2.45) is 0 Å². The van der Waals surface area contributed by atoms with Gasteiger partial charge in [0.05, 0.1) is 25.3 Å². The fourth-order valence-electron chi connectivity index (χ4n) is 3.32. The first-order valence-electron chi connectivity index (χ1n) is 9.92. The van der Waals surface area contributed by atoms with Crippen molar-refractivity contribution in [2.45, 2.75) is 24.7 Å². The number of carboxylic acid groups (broad SMARTS) is 1. The van der Waals surface area contributed by atoms with Crippen molar-refractivity contribution >= 4 is 17.9 Å². The number of carbonyl (C=O) groups is 3. The summed E-state index contributed by atoms with van der Waals surface area (Å²) in [5, 5.41) is 39.8. The number of rotatable bonds is 7. The van der Waals surface area contributed by atoms with Crippen molar-refractivity contribution in [3.8, 4) is 23.0 Å². The molecule has 0 bridgehead atoms. The summed E-state index contributed by atoms with van der Waals surface area (Å²) < 4.78 is 20.3. The summed E-state index contributed by atoms with van der Waals surface area (Å²) in [5.74, 6) is -3.65. The molecule has 2 aromatic rings. The van der Waals surface area contributed by atoms with Gasteiger partial charge < -0.3 is 39.4 Å².